The molecule has 0 saturated carbocycles. The molecule has 1 aliphatic heterocycles. The maximum atomic E-state index is 12.7. The zero-order chi connectivity index (χ0) is 17.2. The van der Waals surface area contributed by atoms with Gasteiger partial charge in [-0.25, -0.2) is 9.98 Å². The number of carbonyl (C=O) groups excluding carboxylic acids is 2. The smallest absolute Gasteiger partial charge is 0.269 e. The molecule has 0 fully saturated rings. The Labute approximate surface area is 129 Å². The molecule has 1 atom stereocenters. The Hall–Kier alpha value is -2.77. The van der Waals surface area contributed by atoms with Crippen molar-refractivity contribution in [2.24, 2.45) is 9.98 Å². The highest BCUT2D eigenvalue weighted by Gasteiger charge is 2.39. The Morgan fingerprint density at radius 2 is 1.74 bits per heavy atom. The quantitative estimate of drug-likeness (QED) is 0.488. The second-order valence-corrected chi connectivity index (χ2v) is 4.68. The summed E-state index contributed by atoms with van der Waals surface area (Å²) in [5, 5.41) is 0. The first kappa shape index (κ1) is 16.6. The zero-order valence-electron chi connectivity index (χ0n) is 12.0. The summed E-state index contributed by atoms with van der Waals surface area (Å²) >= 11 is 0. The van der Waals surface area contributed by atoms with Crippen LogP contribution in [-0.4, -0.2) is 41.0 Å². The number of amidine groups is 1. The van der Waals surface area contributed by atoms with Gasteiger partial charge in [0.25, 0.3) is 11.8 Å². The molecule has 2 amide bonds. The fraction of sp³-hybridized carbons (Fsp3) is 0.200. The van der Waals surface area contributed by atoms with Gasteiger partial charge < -0.3 is 0 Å². The van der Waals surface area contributed by atoms with Gasteiger partial charge in [0.1, 0.15) is 0 Å². The molecule has 0 saturated heterocycles. The third-order valence-corrected chi connectivity index (χ3v) is 3.11. The molecule has 5 nitrogen and oxygen atoms in total. The Bertz CT molecular complexity index is 688. The lowest BCUT2D eigenvalue weighted by molar-refractivity contribution is -0.0596. The van der Waals surface area contributed by atoms with Crippen molar-refractivity contribution >= 4 is 23.9 Å². The number of nitrogens with zero attached hydrogens (tertiary/aromatic N) is 3. The molecule has 0 bridgehead atoms. The summed E-state index contributed by atoms with van der Waals surface area (Å²) in [7, 11) is 0. The zero-order valence-corrected chi connectivity index (χ0v) is 12.0. The van der Waals surface area contributed by atoms with Crippen LogP contribution < -0.4 is 0 Å². The predicted octanol–water partition coefficient (Wildman–Crippen LogP) is 2.85. The SMILES string of the molecule is C=C/N=C(\N=C/[C@@H](C)N1C(=O)c2ccccc2C1=O)C(F)(F)F. The lowest BCUT2D eigenvalue weighted by atomic mass is 10.1. The highest BCUT2D eigenvalue weighted by molar-refractivity contribution is 6.22. The van der Waals surface area contributed by atoms with Crippen molar-refractivity contribution < 1.29 is 22.8 Å². The Balaban J connectivity index is 2.26. The molecule has 0 N–H and O–H groups in total. The monoisotopic (exact) mass is 323 g/mol. The number of carbonyl (C=O) groups is 2. The van der Waals surface area contributed by atoms with Crippen molar-refractivity contribution in [2.75, 3.05) is 0 Å². The minimum Gasteiger partial charge on any atom is -0.269 e. The molecule has 0 aliphatic carbocycles. The van der Waals surface area contributed by atoms with Gasteiger partial charge in [-0.05, 0) is 19.1 Å². The van der Waals surface area contributed by atoms with Crippen molar-refractivity contribution in [3.8, 4) is 0 Å². The number of aliphatic imine (C=N–C) groups is 2. The summed E-state index contributed by atoms with van der Waals surface area (Å²) < 4.78 is 38.0. The van der Waals surface area contributed by atoms with Crippen LogP contribution in [0.15, 0.2) is 47.0 Å². The largest absolute Gasteiger partial charge is 0.451 e. The lowest BCUT2D eigenvalue weighted by Gasteiger charge is -2.18. The van der Waals surface area contributed by atoms with Crippen LogP contribution in [-0.2, 0) is 0 Å². The molecule has 8 heteroatoms. The highest BCUT2D eigenvalue weighted by atomic mass is 19.4. The van der Waals surface area contributed by atoms with Crippen LogP contribution in [0, 0.1) is 0 Å². The van der Waals surface area contributed by atoms with E-state index in [2.05, 4.69) is 16.6 Å². The van der Waals surface area contributed by atoms with Gasteiger partial charge in [-0.1, -0.05) is 18.7 Å². The van der Waals surface area contributed by atoms with Gasteiger partial charge >= 0.3 is 6.18 Å². The summed E-state index contributed by atoms with van der Waals surface area (Å²) in [6, 6.07) is 5.22. The van der Waals surface area contributed by atoms with E-state index in [4.69, 9.17) is 0 Å². The summed E-state index contributed by atoms with van der Waals surface area (Å²) in [6.07, 6.45) is -3.18. The van der Waals surface area contributed by atoms with E-state index in [1.165, 1.54) is 19.1 Å². The first-order chi connectivity index (χ1) is 10.8. The summed E-state index contributed by atoms with van der Waals surface area (Å²) in [4.78, 5) is 31.5. The minimum atomic E-state index is -4.76. The van der Waals surface area contributed by atoms with Gasteiger partial charge in [0.2, 0.25) is 5.84 Å². The standard InChI is InChI=1S/C15H12F3N3O2/c1-3-19-14(15(16,17)18)20-8-9(2)21-12(22)10-6-4-5-7-11(10)13(21)23/h3-9H,1H2,2H3/b19-14-,20-8-/t9-/m1/s1. The van der Waals surface area contributed by atoms with Crippen molar-refractivity contribution in [2.45, 2.75) is 19.1 Å². The molecule has 0 unspecified atom stereocenters. The molecule has 1 aromatic carbocycles. The third-order valence-electron chi connectivity index (χ3n) is 3.11. The maximum absolute atomic E-state index is 12.7. The number of amides is 2. The lowest BCUT2D eigenvalue weighted by Crippen LogP contribution is -2.39. The van der Waals surface area contributed by atoms with E-state index in [-0.39, 0.29) is 11.1 Å². The molecular weight excluding hydrogens is 311 g/mol. The van der Waals surface area contributed by atoms with Crippen LogP contribution in [0.1, 0.15) is 27.6 Å². The predicted molar refractivity (Wildman–Crippen MR) is 78.6 cm³/mol. The van der Waals surface area contributed by atoms with E-state index < -0.39 is 29.9 Å². The van der Waals surface area contributed by atoms with E-state index in [1.807, 2.05) is 0 Å². The van der Waals surface area contributed by atoms with Crippen molar-refractivity contribution in [1.82, 2.24) is 4.90 Å². The normalized spacial score (nSPS) is 16.9. The van der Waals surface area contributed by atoms with Crippen LogP contribution >= 0.6 is 0 Å². The average Bonchev–Trinajstić information content (AvgIpc) is 2.74. The van der Waals surface area contributed by atoms with Gasteiger partial charge in [0, 0.05) is 12.4 Å². The van der Waals surface area contributed by atoms with Crippen LogP contribution in [0.2, 0.25) is 0 Å². The number of imide groups is 1. The van der Waals surface area contributed by atoms with E-state index in [0.29, 0.717) is 6.20 Å². The van der Waals surface area contributed by atoms with E-state index >= 15 is 0 Å². The molecule has 1 aliphatic rings. The summed E-state index contributed by atoms with van der Waals surface area (Å²) in [5.41, 5.74) is 0.433. The molecular formula is C15H12F3N3O2. The van der Waals surface area contributed by atoms with Gasteiger partial charge in [0.15, 0.2) is 0 Å². The van der Waals surface area contributed by atoms with Crippen molar-refractivity contribution in [3.63, 3.8) is 0 Å². The molecule has 0 radical (unpaired) electrons. The highest BCUT2D eigenvalue weighted by Crippen LogP contribution is 2.24. The van der Waals surface area contributed by atoms with Crippen LogP contribution in [0.25, 0.3) is 0 Å². The first-order valence-electron chi connectivity index (χ1n) is 6.54. The molecule has 0 spiro atoms. The van der Waals surface area contributed by atoms with E-state index in [9.17, 15) is 22.8 Å². The van der Waals surface area contributed by atoms with E-state index in [0.717, 1.165) is 11.1 Å². The Kier molecular flexibility index (Phi) is 4.44. The van der Waals surface area contributed by atoms with Gasteiger partial charge in [0.05, 0.1) is 17.2 Å². The fourth-order valence-corrected chi connectivity index (χ4v) is 2.09. The van der Waals surface area contributed by atoms with Crippen LogP contribution in [0.5, 0.6) is 0 Å². The summed E-state index contributed by atoms with van der Waals surface area (Å²) in [6.45, 7) is 4.49. The Morgan fingerprint density at radius 3 is 2.17 bits per heavy atom. The van der Waals surface area contributed by atoms with Gasteiger partial charge in [-0.2, -0.15) is 13.2 Å². The number of rotatable bonds is 3. The number of benzene rings is 1. The van der Waals surface area contributed by atoms with Crippen LogP contribution in [0.3, 0.4) is 0 Å². The number of hydrogen-bond donors (Lipinski definition) is 0. The van der Waals surface area contributed by atoms with Gasteiger partial charge in [-0.15, -0.1) is 0 Å². The Morgan fingerprint density at radius 1 is 1.22 bits per heavy atom. The summed E-state index contributed by atoms with van der Waals surface area (Å²) in [5.74, 6) is -2.55. The molecule has 0 aromatic heterocycles. The van der Waals surface area contributed by atoms with E-state index in [1.54, 1.807) is 12.1 Å². The first-order valence-corrected chi connectivity index (χ1v) is 6.54. The molecule has 120 valence electrons. The van der Waals surface area contributed by atoms with Crippen molar-refractivity contribution in [3.05, 3.63) is 48.2 Å². The maximum Gasteiger partial charge on any atom is 0.451 e. The van der Waals surface area contributed by atoms with Crippen LogP contribution in [0.4, 0.5) is 13.2 Å². The topological polar surface area (TPSA) is 62.1 Å². The van der Waals surface area contributed by atoms with Gasteiger partial charge in [-0.3, -0.25) is 14.5 Å². The average molecular weight is 323 g/mol. The molecule has 23 heavy (non-hydrogen) atoms. The number of fused-ring (bicyclic) bond motifs is 1. The fourth-order valence-electron chi connectivity index (χ4n) is 2.09. The molecule has 2 rings (SSSR count). The number of alkyl halides is 3. The second-order valence-electron chi connectivity index (χ2n) is 4.68. The third kappa shape index (κ3) is 3.20. The molecule has 1 aromatic rings. The second kappa shape index (κ2) is 6.15. The molecule has 1 heterocycles. The number of halogens is 3. The number of hydrogen-bond acceptors (Lipinski definition) is 3. The minimum absolute atomic E-state index is 0.216. The van der Waals surface area contributed by atoms with Crippen molar-refractivity contribution in [1.29, 1.82) is 0 Å².